The average Bonchev–Trinajstić information content (AvgIpc) is 3.14. The number of carbonyl (C=O) groups is 1. The van der Waals surface area contributed by atoms with E-state index >= 15 is 0 Å². The predicted octanol–water partition coefficient (Wildman–Crippen LogP) is 4.65. The summed E-state index contributed by atoms with van der Waals surface area (Å²) in [5, 5.41) is 0. The molecule has 3 aromatic rings. The van der Waals surface area contributed by atoms with E-state index < -0.39 is 5.97 Å². The normalized spacial score (nSPS) is 10.5. The number of ether oxygens (including phenoxy) is 2. The van der Waals surface area contributed by atoms with Crippen LogP contribution in [0.3, 0.4) is 0 Å². The zero-order chi connectivity index (χ0) is 20.1. The van der Waals surface area contributed by atoms with Crippen LogP contribution in [0.4, 0.5) is 0 Å². The molecule has 0 aliphatic carbocycles. The maximum Gasteiger partial charge on any atom is 0.333 e. The molecule has 2 aromatic carbocycles. The minimum atomic E-state index is -0.403. The van der Waals surface area contributed by atoms with Gasteiger partial charge in [0.2, 0.25) is 0 Å². The number of aryl methyl sites for hydroxylation is 2. The van der Waals surface area contributed by atoms with Crippen molar-refractivity contribution < 1.29 is 14.3 Å². The predicted molar refractivity (Wildman–Crippen MR) is 110 cm³/mol. The number of imidazole rings is 1. The highest BCUT2D eigenvalue weighted by atomic mass is 16.6. The number of rotatable bonds is 7. The van der Waals surface area contributed by atoms with Gasteiger partial charge in [-0.3, -0.25) is 4.57 Å². The van der Waals surface area contributed by atoms with E-state index in [1.54, 1.807) is 6.92 Å². The van der Waals surface area contributed by atoms with E-state index in [2.05, 4.69) is 16.1 Å². The third-order valence-corrected chi connectivity index (χ3v) is 4.31. The zero-order valence-corrected chi connectivity index (χ0v) is 16.4. The Labute approximate surface area is 165 Å². The van der Waals surface area contributed by atoms with Gasteiger partial charge in [0.1, 0.15) is 24.8 Å². The number of hydrogen-bond donors (Lipinski definition) is 0. The van der Waals surface area contributed by atoms with Crippen molar-refractivity contribution >= 4 is 5.97 Å². The third kappa shape index (κ3) is 4.31. The summed E-state index contributed by atoms with van der Waals surface area (Å²) >= 11 is 0. The molecular weight excluding hydrogens is 352 g/mol. The van der Waals surface area contributed by atoms with Gasteiger partial charge in [-0.2, -0.15) is 0 Å². The lowest BCUT2D eigenvalue weighted by atomic mass is 10.1. The van der Waals surface area contributed by atoms with Crippen LogP contribution < -0.4 is 4.74 Å². The Morgan fingerprint density at radius 2 is 1.79 bits per heavy atom. The quantitative estimate of drug-likeness (QED) is 0.342. The molecule has 28 heavy (non-hydrogen) atoms. The molecule has 0 spiro atoms. The Bertz CT molecular complexity index is 967. The lowest BCUT2D eigenvalue weighted by molar-refractivity contribution is -0.139. The molecule has 1 aromatic heterocycles. The highest BCUT2D eigenvalue weighted by Gasteiger charge is 2.13. The van der Waals surface area contributed by atoms with E-state index in [0.29, 0.717) is 5.57 Å². The van der Waals surface area contributed by atoms with Gasteiger partial charge in [0.25, 0.3) is 0 Å². The second kappa shape index (κ2) is 8.57. The van der Waals surface area contributed by atoms with Gasteiger partial charge < -0.3 is 9.47 Å². The fourth-order valence-electron chi connectivity index (χ4n) is 3.08. The van der Waals surface area contributed by atoms with Crippen molar-refractivity contribution in [2.45, 2.75) is 20.8 Å². The first kappa shape index (κ1) is 19.4. The molecule has 0 saturated carbocycles. The Morgan fingerprint density at radius 1 is 1.11 bits per heavy atom. The van der Waals surface area contributed by atoms with Crippen LogP contribution in [0, 0.1) is 13.8 Å². The molecule has 0 aliphatic rings. The molecule has 0 atom stereocenters. The summed E-state index contributed by atoms with van der Waals surface area (Å²) < 4.78 is 12.9. The van der Waals surface area contributed by atoms with E-state index in [4.69, 9.17) is 9.47 Å². The minimum absolute atomic E-state index is 0.186. The zero-order valence-electron chi connectivity index (χ0n) is 16.4. The summed E-state index contributed by atoms with van der Waals surface area (Å²) in [6.45, 7) is 9.74. The second-order valence-electron chi connectivity index (χ2n) is 6.66. The molecule has 0 N–H and O–H groups in total. The van der Waals surface area contributed by atoms with Gasteiger partial charge in [0, 0.05) is 23.5 Å². The van der Waals surface area contributed by atoms with Gasteiger partial charge in [-0.25, -0.2) is 9.78 Å². The molecule has 0 amide bonds. The highest BCUT2D eigenvalue weighted by Crippen LogP contribution is 2.29. The molecule has 144 valence electrons. The molecule has 0 radical (unpaired) electrons. The smallest absolute Gasteiger partial charge is 0.333 e. The molecule has 0 aliphatic heterocycles. The number of carbonyl (C=O) groups excluding carboxylic acids is 1. The maximum atomic E-state index is 11.4. The molecule has 5 nitrogen and oxygen atoms in total. The average molecular weight is 376 g/mol. The first-order valence-electron chi connectivity index (χ1n) is 9.13. The van der Waals surface area contributed by atoms with Crippen LogP contribution >= 0.6 is 0 Å². The summed E-state index contributed by atoms with van der Waals surface area (Å²) in [6.07, 6.45) is 3.77. The lowest BCUT2D eigenvalue weighted by Crippen LogP contribution is -2.12. The summed E-state index contributed by atoms with van der Waals surface area (Å²) in [5.74, 6) is 1.23. The number of aromatic nitrogens is 2. The molecule has 5 heteroatoms. The first-order chi connectivity index (χ1) is 13.5. The Balaban J connectivity index is 1.78. The third-order valence-electron chi connectivity index (χ3n) is 4.31. The largest absolute Gasteiger partial charge is 0.490 e. The van der Waals surface area contributed by atoms with Crippen LogP contribution in [0.25, 0.3) is 17.1 Å². The molecule has 0 fully saturated rings. The van der Waals surface area contributed by atoms with Crippen LogP contribution in [0.15, 0.2) is 67.0 Å². The van der Waals surface area contributed by atoms with Gasteiger partial charge in [-0.15, -0.1) is 0 Å². The van der Waals surface area contributed by atoms with E-state index in [-0.39, 0.29) is 13.2 Å². The lowest BCUT2D eigenvalue weighted by Gasteiger charge is -2.16. The Morgan fingerprint density at radius 3 is 2.43 bits per heavy atom. The highest BCUT2D eigenvalue weighted by molar-refractivity contribution is 5.86. The number of nitrogens with zero attached hydrogens (tertiary/aromatic N) is 2. The Kier molecular flexibility index (Phi) is 5.94. The fraction of sp³-hybridized carbons (Fsp3) is 0.217. The van der Waals surface area contributed by atoms with Crippen molar-refractivity contribution in [1.82, 2.24) is 9.55 Å². The van der Waals surface area contributed by atoms with Gasteiger partial charge >= 0.3 is 5.97 Å². The standard InChI is InChI=1S/C23H24N2O3/c1-16(2)23(26)28-13-12-27-20-14-17(3)21(18(4)15-20)25-11-10-24-22(25)19-8-6-5-7-9-19/h5-11,14-15H,1,12-13H2,2-4H3. The van der Waals surface area contributed by atoms with Crippen LogP contribution in [0.2, 0.25) is 0 Å². The number of hydrogen-bond acceptors (Lipinski definition) is 4. The molecule has 0 unspecified atom stereocenters. The minimum Gasteiger partial charge on any atom is -0.490 e. The molecular formula is C23H24N2O3. The van der Waals surface area contributed by atoms with Crippen LogP contribution in [0.5, 0.6) is 5.75 Å². The van der Waals surface area contributed by atoms with Crippen molar-refractivity contribution in [3.63, 3.8) is 0 Å². The van der Waals surface area contributed by atoms with Crippen molar-refractivity contribution in [3.05, 3.63) is 78.1 Å². The van der Waals surface area contributed by atoms with E-state index in [1.807, 2.05) is 68.7 Å². The second-order valence-corrected chi connectivity index (χ2v) is 6.66. The SMILES string of the molecule is C=C(C)C(=O)OCCOc1cc(C)c(-n2ccnc2-c2ccccc2)c(C)c1. The van der Waals surface area contributed by atoms with Crippen LogP contribution in [0.1, 0.15) is 18.1 Å². The van der Waals surface area contributed by atoms with Crippen molar-refractivity contribution in [1.29, 1.82) is 0 Å². The van der Waals surface area contributed by atoms with E-state index in [0.717, 1.165) is 34.0 Å². The van der Waals surface area contributed by atoms with E-state index in [1.165, 1.54) is 0 Å². The van der Waals surface area contributed by atoms with Gasteiger partial charge in [-0.1, -0.05) is 36.9 Å². The number of esters is 1. The summed E-state index contributed by atoms with van der Waals surface area (Å²) in [6, 6.07) is 14.1. The van der Waals surface area contributed by atoms with Crippen molar-refractivity contribution in [3.8, 4) is 22.8 Å². The summed E-state index contributed by atoms with van der Waals surface area (Å²) in [4.78, 5) is 15.9. The van der Waals surface area contributed by atoms with Gasteiger partial charge in [0.15, 0.2) is 0 Å². The monoisotopic (exact) mass is 376 g/mol. The summed E-state index contributed by atoms with van der Waals surface area (Å²) in [5.41, 5.74) is 4.67. The molecule has 3 rings (SSSR count). The van der Waals surface area contributed by atoms with Gasteiger partial charge in [0.05, 0.1) is 5.69 Å². The van der Waals surface area contributed by atoms with Crippen molar-refractivity contribution in [2.75, 3.05) is 13.2 Å². The number of benzene rings is 2. The first-order valence-corrected chi connectivity index (χ1v) is 9.13. The van der Waals surface area contributed by atoms with Crippen molar-refractivity contribution in [2.24, 2.45) is 0 Å². The van der Waals surface area contributed by atoms with E-state index in [9.17, 15) is 4.79 Å². The molecule has 0 saturated heterocycles. The van der Waals surface area contributed by atoms with Crippen LogP contribution in [-0.2, 0) is 9.53 Å². The maximum absolute atomic E-state index is 11.4. The Hall–Kier alpha value is -3.34. The topological polar surface area (TPSA) is 53.4 Å². The molecule has 0 bridgehead atoms. The summed E-state index contributed by atoms with van der Waals surface area (Å²) in [7, 11) is 0. The fourth-order valence-corrected chi connectivity index (χ4v) is 3.08. The van der Waals surface area contributed by atoms with Crippen LogP contribution in [-0.4, -0.2) is 28.7 Å². The molecule has 1 heterocycles. The van der Waals surface area contributed by atoms with Gasteiger partial charge in [-0.05, 0) is 44.0 Å².